The van der Waals surface area contributed by atoms with Crippen LogP contribution in [-0.4, -0.2) is 24.4 Å². The number of amides is 2. The summed E-state index contributed by atoms with van der Waals surface area (Å²) >= 11 is 0. The third-order valence-electron chi connectivity index (χ3n) is 2.92. The summed E-state index contributed by atoms with van der Waals surface area (Å²) < 4.78 is 37.3. The first-order valence-corrected chi connectivity index (χ1v) is 5.58. The lowest BCUT2D eigenvalue weighted by atomic mass is 10.1. The van der Waals surface area contributed by atoms with Crippen LogP contribution in [0.4, 0.5) is 18.9 Å². The number of nitrogens with one attached hydrogen (secondary N) is 1. The van der Waals surface area contributed by atoms with Gasteiger partial charge < -0.3 is 5.32 Å². The molecule has 4 nitrogen and oxygen atoms in total. The molecule has 7 heteroatoms. The second kappa shape index (κ2) is 4.56. The lowest BCUT2D eigenvalue weighted by Crippen LogP contribution is -2.57. The van der Waals surface area contributed by atoms with Gasteiger partial charge in [0, 0.05) is 5.69 Å². The molecular weight excluding hydrogens is 261 g/mol. The summed E-state index contributed by atoms with van der Waals surface area (Å²) in [6.07, 6.45) is -4.42. The minimum atomic E-state index is -4.42. The molecule has 1 heterocycles. The Hall–Kier alpha value is -2.05. The van der Waals surface area contributed by atoms with Crippen molar-refractivity contribution in [1.82, 2.24) is 5.32 Å². The van der Waals surface area contributed by atoms with Crippen molar-refractivity contribution in [3.8, 4) is 0 Å². The van der Waals surface area contributed by atoms with Crippen molar-refractivity contribution < 1.29 is 22.8 Å². The Labute approximate surface area is 107 Å². The van der Waals surface area contributed by atoms with E-state index in [1.807, 2.05) is 0 Å². The van der Waals surface area contributed by atoms with Gasteiger partial charge in [0.15, 0.2) is 0 Å². The maximum Gasteiger partial charge on any atom is 0.416 e. The number of rotatable bonds is 1. The van der Waals surface area contributed by atoms with Crippen molar-refractivity contribution in [1.29, 1.82) is 0 Å². The number of piperazine rings is 1. The molecule has 1 aliphatic heterocycles. The molecule has 1 unspecified atom stereocenters. The largest absolute Gasteiger partial charge is 0.416 e. The molecule has 1 saturated heterocycles. The summed E-state index contributed by atoms with van der Waals surface area (Å²) in [4.78, 5) is 24.4. The number of hydrogen-bond donors (Lipinski definition) is 1. The monoisotopic (exact) mass is 272 g/mol. The normalized spacial score (nSPS) is 20.4. The zero-order chi connectivity index (χ0) is 14.2. The summed E-state index contributed by atoms with van der Waals surface area (Å²) in [6.45, 7) is 1.37. The van der Waals surface area contributed by atoms with Crippen LogP contribution in [0, 0.1) is 0 Å². The van der Waals surface area contributed by atoms with E-state index in [-0.39, 0.29) is 24.0 Å². The van der Waals surface area contributed by atoms with Crippen molar-refractivity contribution in [3.63, 3.8) is 0 Å². The van der Waals surface area contributed by atoms with Crippen LogP contribution in [0.3, 0.4) is 0 Å². The zero-order valence-corrected chi connectivity index (χ0v) is 9.99. The first kappa shape index (κ1) is 13.4. The number of halogens is 3. The summed E-state index contributed by atoms with van der Waals surface area (Å²) in [5, 5.41) is 2.41. The van der Waals surface area contributed by atoms with E-state index in [4.69, 9.17) is 0 Å². The number of anilines is 1. The van der Waals surface area contributed by atoms with E-state index in [2.05, 4.69) is 5.32 Å². The summed E-state index contributed by atoms with van der Waals surface area (Å²) in [5.74, 6) is -0.689. The van der Waals surface area contributed by atoms with E-state index in [0.29, 0.717) is 0 Å². The van der Waals surface area contributed by atoms with Crippen molar-refractivity contribution in [3.05, 3.63) is 29.8 Å². The van der Waals surface area contributed by atoms with Crippen LogP contribution < -0.4 is 10.2 Å². The van der Waals surface area contributed by atoms with E-state index in [1.54, 1.807) is 0 Å². The highest BCUT2D eigenvalue weighted by molar-refractivity contribution is 6.06. The number of nitrogens with zero attached hydrogens (tertiary/aromatic N) is 1. The Morgan fingerprint density at radius 1 is 1.21 bits per heavy atom. The van der Waals surface area contributed by atoms with Gasteiger partial charge in [-0.2, -0.15) is 13.2 Å². The smallest absolute Gasteiger partial charge is 0.345 e. The van der Waals surface area contributed by atoms with Gasteiger partial charge in [0.05, 0.1) is 12.1 Å². The Bertz CT molecular complexity index is 511. The third-order valence-corrected chi connectivity index (χ3v) is 2.92. The fourth-order valence-corrected chi connectivity index (χ4v) is 1.91. The summed E-state index contributed by atoms with van der Waals surface area (Å²) in [7, 11) is 0. The lowest BCUT2D eigenvalue weighted by Gasteiger charge is -2.32. The first-order valence-electron chi connectivity index (χ1n) is 5.58. The Morgan fingerprint density at radius 3 is 2.32 bits per heavy atom. The second-order valence-electron chi connectivity index (χ2n) is 4.20. The molecule has 0 bridgehead atoms. The minimum absolute atomic E-state index is 0.149. The molecule has 0 radical (unpaired) electrons. The molecule has 0 saturated carbocycles. The average Bonchev–Trinajstić information content (AvgIpc) is 2.34. The fourth-order valence-electron chi connectivity index (χ4n) is 1.91. The van der Waals surface area contributed by atoms with Gasteiger partial charge in [-0.05, 0) is 31.2 Å². The number of carbonyl (C=O) groups is 2. The van der Waals surface area contributed by atoms with Gasteiger partial charge in [0.1, 0.15) is 6.04 Å². The van der Waals surface area contributed by atoms with Crippen LogP contribution in [0.1, 0.15) is 12.5 Å². The first-order chi connectivity index (χ1) is 8.80. The average molecular weight is 272 g/mol. The molecular formula is C12H11F3N2O2. The second-order valence-corrected chi connectivity index (χ2v) is 4.20. The van der Waals surface area contributed by atoms with Crippen LogP contribution >= 0.6 is 0 Å². The highest BCUT2D eigenvalue weighted by atomic mass is 19.4. The molecule has 1 aliphatic rings. The standard InChI is InChI=1S/C12H11F3N2O2/c1-7-11(19)16-6-10(18)17(7)9-4-2-8(3-5-9)12(13,14)15/h2-5,7H,6H2,1H3,(H,16,19). The predicted molar refractivity (Wildman–Crippen MR) is 61.4 cm³/mol. The SMILES string of the molecule is CC1C(=O)NCC(=O)N1c1ccc(C(F)(F)F)cc1. The van der Waals surface area contributed by atoms with Crippen molar-refractivity contribution in [2.24, 2.45) is 0 Å². The molecule has 2 rings (SSSR count). The molecule has 1 aromatic carbocycles. The third kappa shape index (κ3) is 2.54. The zero-order valence-electron chi connectivity index (χ0n) is 9.99. The molecule has 0 spiro atoms. The van der Waals surface area contributed by atoms with Crippen LogP contribution in [0.25, 0.3) is 0 Å². The molecule has 0 aromatic heterocycles. The van der Waals surface area contributed by atoms with E-state index < -0.39 is 17.8 Å². The number of hydrogen-bond acceptors (Lipinski definition) is 2. The topological polar surface area (TPSA) is 49.4 Å². The molecule has 1 fully saturated rings. The van der Waals surface area contributed by atoms with E-state index in [0.717, 1.165) is 12.1 Å². The van der Waals surface area contributed by atoms with E-state index in [9.17, 15) is 22.8 Å². The molecule has 1 aromatic rings. The van der Waals surface area contributed by atoms with E-state index in [1.165, 1.54) is 24.0 Å². The van der Waals surface area contributed by atoms with Gasteiger partial charge in [-0.1, -0.05) is 0 Å². The van der Waals surface area contributed by atoms with Gasteiger partial charge in [0.25, 0.3) is 0 Å². The summed E-state index contributed by atoms with van der Waals surface area (Å²) in [6, 6.07) is 3.42. The maximum atomic E-state index is 12.4. The maximum absolute atomic E-state index is 12.4. The molecule has 1 atom stereocenters. The Balaban J connectivity index is 2.31. The van der Waals surface area contributed by atoms with Gasteiger partial charge in [-0.3, -0.25) is 14.5 Å². The fraction of sp³-hybridized carbons (Fsp3) is 0.333. The van der Waals surface area contributed by atoms with Crippen molar-refractivity contribution >= 4 is 17.5 Å². The molecule has 102 valence electrons. The van der Waals surface area contributed by atoms with Crippen LogP contribution in [0.5, 0.6) is 0 Å². The number of benzene rings is 1. The number of alkyl halides is 3. The van der Waals surface area contributed by atoms with Crippen molar-refractivity contribution in [2.75, 3.05) is 11.4 Å². The van der Waals surface area contributed by atoms with Crippen molar-refractivity contribution in [2.45, 2.75) is 19.1 Å². The highest BCUT2D eigenvalue weighted by Crippen LogP contribution is 2.31. The number of carbonyl (C=O) groups excluding carboxylic acids is 2. The molecule has 0 aliphatic carbocycles. The molecule has 1 N–H and O–H groups in total. The Morgan fingerprint density at radius 2 is 1.79 bits per heavy atom. The Kier molecular flexibility index (Phi) is 3.21. The minimum Gasteiger partial charge on any atom is -0.345 e. The van der Waals surface area contributed by atoms with Crippen LogP contribution in [0.15, 0.2) is 24.3 Å². The highest BCUT2D eigenvalue weighted by Gasteiger charge is 2.33. The quantitative estimate of drug-likeness (QED) is 0.843. The van der Waals surface area contributed by atoms with Crippen LogP contribution in [0.2, 0.25) is 0 Å². The van der Waals surface area contributed by atoms with E-state index >= 15 is 0 Å². The molecule has 2 amide bonds. The van der Waals surface area contributed by atoms with Gasteiger partial charge in [-0.15, -0.1) is 0 Å². The van der Waals surface area contributed by atoms with Crippen LogP contribution in [-0.2, 0) is 15.8 Å². The van der Waals surface area contributed by atoms with Gasteiger partial charge >= 0.3 is 6.18 Å². The molecule has 19 heavy (non-hydrogen) atoms. The summed E-state index contributed by atoms with van der Waals surface area (Å²) in [5.41, 5.74) is -0.516. The lowest BCUT2D eigenvalue weighted by molar-refractivity contribution is -0.137. The predicted octanol–water partition coefficient (Wildman–Crippen LogP) is 1.56. The van der Waals surface area contributed by atoms with Gasteiger partial charge in [-0.25, -0.2) is 0 Å². The van der Waals surface area contributed by atoms with Gasteiger partial charge in [0.2, 0.25) is 11.8 Å².